The first-order valence-electron chi connectivity index (χ1n) is 8.43. The first-order valence-corrected chi connectivity index (χ1v) is 8.84. The monoisotopic (exact) mass is 350 g/mol. The molecule has 3 heterocycles. The fourth-order valence-corrected chi connectivity index (χ4v) is 3.69. The zero-order valence-electron chi connectivity index (χ0n) is 14.4. The molecule has 0 spiro atoms. The smallest absolute Gasteiger partial charge is 0.314 e. The minimum Gasteiger partial charge on any atom is -0.466 e. The number of quaternary nitrogens is 1. The van der Waals surface area contributed by atoms with E-state index < -0.39 is 0 Å². The number of carbonyl (C=O) groups is 1. The summed E-state index contributed by atoms with van der Waals surface area (Å²) in [6, 6.07) is 2.02. The number of rotatable bonds is 4. The minimum atomic E-state index is -0.0788. The van der Waals surface area contributed by atoms with E-state index in [0.717, 1.165) is 37.3 Å². The van der Waals surface area contributed by atoms with Crippen molar-refractivity contribution in [2.45, 2.75) is 40.3 Å². The van der Waals surface area contributed by atoms with E-state index in [4.69, 9.17) is 17.0 Å². The molecule has 0 aliphatic carbocycles. The highest BCUT2D eigenvalue weighted by atomic mass is 32.1. The molecule has 1 N–H and O–H groups in total. The van der Waals surface area contributed by atoms with Gasteiger partial charge in [-0.2, -0.15) is 4.98 Å². The molecule has 7 nitrogen and oxygen atoms in total. The van der Waals surface area contributed by atoms with Crippen molar-refractivity contribution >= 4 is 24.0 Å². The largest absolute Gasteiger partial charge is 0.466 e. The van der Waals surface area contributed by atoms with E-state index in [1.165, 1.54) is 4.90 Å². The fourth-order valence-electron chi connectivity index (χ4n) is 3.46. The Bertz CT molecular complexity index is 813. The molecule has 8 heteroatoms. The van der Waals surface area contributed by atoms with Crippen LogP contribution in [0.4, 0.5) is 0 Å². The number of hydrogen-bond acceptors (Lipinski definition) is 5. The summed E-state index contributed by atoms with van der Waals surface area (Å²) < 4.78 is 9.66. The minimum absolute atomic E-state index is 0.0245. The van der Waals surface area contributed by atoms with Crippen molar-refractivity contribution in [3.8, 4) is 0 Å². The van der Waals surface area contributed by atoms with E-state index in [1.807, 2.05) is 36.0 Å². The van der Waals surface area contributed by atoms with Crippen molar-refractivity contribution in [1.29, 1.82) is 0 Å². The van der Waals surface area contributed by atoms with Crippen molar-refractivity contribution in [2.75, 3.05) is 19.7 Å². The number of hydrogen-bond donors (Lipinski definition) is 1. The summed E-state index contributed by atoms with van der Waals surface area (Å²) >= 11 is 5.43. The summed E-state index contributed by atoms with van der Waals surface area (Å²) in [6.07, 6.45) is 1.92. The van der Waals surface area contributed by atoms with Crippen LogP contribution in [0.2, 0.25) is 0 Å². The Kier molecular flexibility index (Phi) is 4.96. The van der Waals surface area contributed by atoms with Gasteiger partial charge in [-0.15, -0.1) is 0 Å². The molecule has 1 aliphatic heterocycles. The van der Waals surface area contributed by atoms with Crippen molar-refractivity contribution in [3.05, 3.63) is 22.2 Å². The summed E-state index contributed by atoms with van der Waals surface area (Å²) in [4.78, 5) is 22.2. The molecular weight excluding hydrogens is 326 g/mol. The number of nitrogens with zero attached hydrogens (tertiary/aromatic N) is 4. The van der Waals surface area contributed by atoms with Gasteiger partial charge in [-0.1, -0.05) is 0 Å². The summed E-state index contributed by atoms with van der Waals surface area (Å²) in [7, 11) is 0. The van der Waals surface area contributed by atoms with Crippen LogP contribution in [0.1, 0.15) is 31.2 Å². The molecule has 0 amide bonds. The lowest BCUT2D eigenvalue weighted by atomic mass is 9.99. The fraction of sp³-hybridized carbons (Fsp3) is 0.625. The Morgan fingerprint density at radius 3 is 3.00 bits per heavy atom. The maximum atomic E-state index is 12.0. The zero-order valence-corrected chi connectivity index (χ0v) is 15.2. The van der Waals surface area contributed by atoms with Gasteiger partial charge in [0.25, 0.3) is 5.78 Å². The number of likely N-dealkylation sites (tertiary alicyclic amines) is 1. The number of aromatic nitrogens is 4. The highest BCUT2D eigenvalue weighted by molar-refractivity contribution is 7.71. The van der Waals surface area contributed by atoms with E-state index in [2.05, 4.69) is 9.97 Å². The van der Waals surface area contributed by atoms with E-state index in [0.29, 0.717) is 23.8 Å². The Morgan fingerprint density at radius 1 is 1.46 bits per heavy atom. The molecule has 2 aromatic heterocycles. The third-order valence-corrected chi connectivity index (χ3v) is 4.79. The lowest BCUT2D eigenvalue weighted by Gasteiger charge is -2.28. The van der Waals surface area contributed by atoms with Crippen LogP contribution < -0.4 is 4.90 Å². The predicted molar refractivity (Wildman–Crippen MR) is 91.3 cm³/mol. The van der Waals surface area contributed by atoms with Crippen LogP contribution in [0.3, 0.4) is 0 Å². The summed E-state index contributed by atoms with van der Waals surface area (Å²) in [5.74, 6) is 0.532. The Hall–Kier alpha value is -1.80. The zero-order chi connectivity index (χ0) is 17.3. The molecule has 2 atom stereocenters. The van der Waals surface area contributed by atoms with Gasteiger partial charge in [0.2, 0.25) is 4.77 Å². The standard InChI is InChI=1S/C16H23N5O2S/c1-4-23-14(22)13-6-5-7-19(9-13)10-20-16(24)18-15-17-11(2)8-12(3)21(15)20/h8,13H,4-7,9-10H2,1-3H3/p+1/t13-/m1/s1. The number of aryl methyl sites for hydroxylation is 2. The van der Waals surface area contributed by atoms with E-state index >= 15 is 0 Å². The number of carbonyl (C=O) groups excluding carboxylic acids is 1. The quantitative estimate of drug-likeness (QED) is 0.649. The second kappa shape index (κ2) is 6.98. The van der Waals surface area contributed by atoms with Crippen molar-refractivity contribution in [3.63, 3.8) is 0 Å². The first kappa shape index (κ1) is 17.0. The van der Waals surface area contributed by atoms with Gasteiger partial charge in [-0.3, -0.25) is 4.79 Å². The predicted octanol–water partition coefficient (Wildman–Crippen LogP) is 0.693. The second-order valence-electron chi connectivity index (χ2n) is 6.40. The SMILES string of the molecule is CCOC(=O)[C@@H]1CCC[NH+](Cn2c(=S)nc3nc(C)cc(C)n32)C1. The highest BCUT2D eigenvalue weighted by Crippen LogP contribution is 2.10. The normalized spacial score (nSPS) is 21.1. The van der Waals surface area contributed by atoms with Gasteiger partial charge in [0.05, 0.1) is 19.7 Å². The highest BCUT2D eigenvalue weighted by Gasteiger charge is 2.30. The number of ether oxygens (including phenoxy) is 1. The van der Waals surface area contributed by atoms with Gasteiger partial charge in [-0.05, 0) is 51.9 Å². The molecule has 1 saturated heterocycles. The van der Waals surface area contributed by atoms with Gasteiger partial charge >= 0.3 is 5.97 Å². The van der Waals surface area contributed by atoms with Crippen LogP contribution in [0, 0.1) is 24.5 Å². The first-order chi connectivity index (χ1) is 11.5. The second-order valence-corrected chi connectivity index (χ2v) is 6.76. The Balaban J connectivity index is 1.83. The molecule has 1 unspecified atom stereocenters. The van der Waals surface area contributed by atoms with Gasteiger partial charge in [0.15, 0.2) is 6.67 Å². The van der Waals surface area contributed by atoms with Gasteiger partial charge in [0, 0.05) is 11.4 Å². The summed E-state index contributed by atoms with van der Waals surface area (Å²) in [5, 5.41) is 0. The molecule has 1 fully saturated rings. The van der Waals surface area contributed by atoms with Gasteiger partial charge < -0.3 is 9.64 Å². The average molecular weight is 350 g/mol. The maximum Gasteiger partial charge on any atom is 0.314 e. The summed E-state index contributed by atoms with van der Waals surface area (Å²) in [5.41, 5.74) is 1.99. The van der Waals surface area contributed by atoms with Gasteiger partial charge in [-0.25, -0.2) is 14.2 Å². The van der Waals surface area contributed by atoms with Crippen molar-refractivity contribution in [2.24, 2.45) is 5.92 Å². The topological polar surface area (TPSA) is 65.9 Å². The van der Waals surface area contributed by atoms with Crippen LogP contribution in [0.5, 0.6) is 0 Å². The lowest BCUT2D eigenvalue weighted by molar-refractivity contribution is -0.930. The Morgan fingerprint density at radius 2 is 2.25 bits per heavy atom. The van der Waals surface area contributed by atoms with E-state index in [1.54, 1.807) is 0 Å². The number of nitrogens with one attached hydrogen (secondary N) is 1. The van der Waals surface area contributed by atoms with E-state index in [-0.39, 0.29) is 11.9 Å². The molecule has 2 aromatic rings. The third-order valence-electron chi connectivity index (χ3n) is 4.49. The molecule has 0 radical (unpaired) electrons. The molecule has 0 aromatic carbocycles. The van der Waals surface area contributed by atoms with Crippen LogP contribution >= 0.6 is 12.2 Å². The van der Waals surface area contributed by atoms with Crippen molar-refractivity contribution in [1.82, 2.24) is 19.2 Å². The van der Waals surface area contributed by atoms with Crippen LogP contribution in [-0.2, 0) is 16.2 Å². The van der Waals surface area contributed by atoms with E-state index in [9.17, 15) is 4.79 Å². The van der Waals surface area contributed by atoms with Crippen molar-refractivity contribution < 1.29 is 14.4 Å². The number of fused-ring (bicyclic) bond motifs is 1. The molecule has 1 aliphatic rings. The molecule has 130 valence electrons. The number of esters is 1. The molecular formula is C16H24N5O2S+. The van der Waals surface area contributed by atoms with Crippen LogP contribution in [-0.4, -0.2) is 44.8 Å². The molecule has 0 bridgehead atoms. The molecule has 3 rings (SSSR count). The van der Waals surface area contributed by atoms with Crippen LogP contribution in [0.15, 0.2) is 6.07 Å². The average Bonchev–Trinajstić information content (AvgIpc) is 2.83. The molecule has 24 heavy (non-hydrogen) atoms. The maximum absolute atomic E-state index is 12.0. The Labute approximate surface area is 146 Å². The third kappa shape index (κ3) is 3.34. The summed E-state index contributed by atoms with van der Waals surface area (Å²) in [6.45, 7) is 8.74. The number of piperidine rings is 1. The van der Waals surface area contributed by atoms with Gasteiger partial charge in [0.1, 0.15) is 5.92 Å². The lowest BCUT2D eigenvalue weighted by Crippen LogP contribution is -3.13. The molecule has 0 saturated carbocycles. The van der Waals surface area contributed by atoms with Crippen LogP contribution in [0.25, 0.3) is 5.78 Å².